The third kappa shape index (κ3) is 3.48. The van der Waals surface area contributed by atoms with E-state index in [0.717, 1.165) is 11.3 Å². The van der Waals surface area contributed by atoms with Gasteiger partial charge >= 0.3 is 0 Å². The van der Waals surface area contributed by atoms with E-state index in [2.05, 4.69) is 25.5 Å². The van der Waals surface area contributed by atoms with E-state index in [0.29, 0.717) is 17.1 Å². The van der Waals surface area contributed by atoms with Crippen molar-refractivity contribution in [2.45, 2.75) is 0 Å². The first-order chi connectivity index (χ1) is 13.6. The van der Waals surface area contributed by atoms with E-state index in [1.807, 2.05) is 36.4 Å². The van der Waals surface area contributed by atoms with Crippen LogP contribution in [0.1, 0.15) is 5.56 Å². The molecule has 4 aromatic rings. The number of nitro benzene ring substituents is 1. The van der Waals surface area contributed by atoms with Gasteiger partial charge in [-0.3, -0.25) is 15.2 Å². The number of nitrogens with one attached hydrogen (secondary N) is 2. The zero-order chi connectivity index (χ0) is 19.5. The van der Waals surface area contributed by atoms with E-state index in [4.69, 9.17) is 12.2 Å². The molecule has 0 fully saturated rings. The molecule has 10 heteroatoms. The van der Waals surface area contributed by atoms with Gasteiger partial charge in [-0.05, 0) is 18.3 Å². The molecule has 2 aromatic heterocycles. The highest BCUT2D eigenvalue weighted by Crippen LogP contribution is 2.22. The van der Waals surface area contributed by atoms with Crippen molar-refractivity contribution < 1.29 is 4.92 Å². The minimum atomic E-state index is -0.456. The van der Waals surface area contributed by atoms with Crippen molar-refractivity contribution in [3.05, 3.63) is 81.1 Å². The van der Waals surface area contributed by atoms with Crippen LogP contribution in [0, 0.1) is 14.9 Å². The fourth-order valence-electron chi connectivity index (χ4n) is 2.61. The summed E-state index contributed by atoms with van der Waals surface area (Å²) < 4.78 is 1.71. The third-order valence-electron chi connectivity index (χ3n) is 3.94. The van der Waals surface area contributed by atoms with Gasteiger partial charge in [0.25, 0.3) is 5.69 Å². The lowest BCUT2D eigenvalue weighted by Crippen LogP contribution is -1.96. The van der Waals surface area contributed by atoms with E-state index in [1.165, 1.54) is 23.0 Å². The second-order valence-corrected chi connectivity index (χ2v) is 6.18. The maximum atomic E-state index is 10.9. The minimum Gasteiger partial charge on any atom is -0.274 e. The van der Waals surface area contributed by atoms with Crippen LogP contribution < -0.4 is 0 Å². The van der Waals surface area contributed by atoms with Crippen LogP contribution in [0.2, 0.25) is 0 Å². The standard InChI is InChI=1S/C18H13N7O2S/c26-25(27)14-8-4-5-12(9-14)11-19-24-17(22-23-18(24)28)16-10-15(20-21-16)13-6-2-1-3-7-13/h1-11H,(H,20,21)(H,23,28)/b19-11-. The van der Waals surface area contributed by atoms with E-state index < -0.39 is 4.92 Å². The van der Waals surface area contributed by atoms with E-state index in [-0.39, 0.29) is 10.5 Å². The molecule has 0 amide bonds. The maximum absolute atomic E-state index is 10.9. The lowest BCUT2D eigenvalue weighted by Gasteiger charge is -1.98. The van der Waals surface area contributed by atoms with Crippen molar-refractivity contribution in [1.29, 1.82) is 0 Å². The van der Waals surface area contributed by atoms with Crippen molar-refractivity contribution >= 4 is 24.1 Å². The number of nitrogens with zero attached hydrogens (tertiary/aromatic N) is 5. The van der Waals surface area contributed by atoms with Gasteiger partial charge < -0.3 is 0 Å². The molecule has 0 spiro atoms. The van der Waals surface area contributed by atoms with E-state index >= 15 is 0 Å². The quantitative estimate of drug-likeness (QED) is 0.232. The number of aromatic nitrogens is 5. The summed E-state index contributed by atoms with van der Waals surface area (Å²) in [6, 6.07) is 17.7. The molecule has 28 heavy (non-hydrogen) atoms. The van der Waals surface area contributed by atoms with Crippen molar-refractivity contribution in [2.24, 2.45) is 5.10 Å². The second-order valence-electron chi connectivity index (χ2n) is 5.79. The molecule has 9 nitrogen and oxygen atoms in total. The summed E-state index contributed by atoms with van der Waals surface area (Å²) in [5.41, 5.74) is 2.91. The summed E-state index contributed by atoms with van der Waals surface area (Å²) in [5, 5.41) is 29.4. The molecule has 2 aromatic carbocycles. The van der Waals surface area contributed by atoms with E-state index in [1.54, 1.807) is 12.1 Å². The number of hydrogen-bond donors (Lipinski definition) is 2. The minimum absolute atomic E-state index is 0.0129. The van der Waals surface area contributed by atoms with Crippen molar-refractivity contribution in [3.8, 4) is 22.8 Å². The van der Waals surface area contributed by atoms with Gasteiger partial charge in [0, 0.05) is 23.3 Å². The molecule has 0 atom stereocenters. The monoisotopic (exact) mass is 391 g/mol. The van der Waals surface area contributed by atoms with Gasteiger partial charge in [0.2, 0.25) is 10.6 Å². The van der Waals surface area contributed by atoms with Crippen LogP contribution in [0.25, 0.3) is 22.8 Å². The number of hydrogen-bond acceptors (Lipinski definition) is 6. The molecular formula is C18H13N7O2S. The zero-order valence-corrected chi connectivity index (χ0v) is 15.1. The highest BCUT2D eigenvalue weighted by molar-refractivity contribution is 7.71. The molecule has 138 valence electrons. The molecule has 0 aliphatic heterocycles. The lowest BCUT2D eigenvalue weighted by molar-refractivity contribution is -0.384. The normalized spacial score (nSPS) is 11.1. The maximum Gasteiger partial charge on any atom is 0.270 e. The van der Waals surface area contributed by atoms with Gasteiger partial charge in [0.15, 0.2) is 0 Å². The number of aromatic amines is 2. The van der Waals surface area contributed by atoms with Gasteiger partial charge in [-0.2, -0.15) is 20.0 Å². The van der Waals surface area contributed by atoms with Crippen LogP contribution in [0.5, 0.6) is 0 Å². The topological polar surface area (TPSA) is 118 Å². The molecule has 0 saturated heterocycles. The molecule has 0 unspecified atom stereocenters. The predicted octanol–water partition coefficient (Wildman–Crippen LogP) is 3.79. The van der Waals surface area contributed by atoms with Gasteiger partial charge in [0.1, 0.15) is 5.69 Å². The van der Waals surface area contributed by atoms with Crippen molar-refractivity contribution in [3.63, 3.8) is 0 Å². The first-order valence-corrected chi connectivity index (χ1v) is 8.60. The number of benzene rings is 2. The Morgan fingerprint density at radius 1 is 1.07 bits per heavy atom. The van der Waals surface area contributed by atoms with Gasteiger partial charge in [0.05, 0.1) is 16.8 Å². The Labute approximate surface area is 163 Å². The number of non-ortho nitro benzene ring substituents is 1. The molecule has 0 saturated carbocycles. The number of H-pyrrole nitrogens is 2. The Bertz CT molecular complexity index is 1220. The highest BCUT2D eigenvalue weighted by atomic mass is 32.1. The van der Waals surface area contributed by atoms with Crippen LogP contribution in [0.3, 0.4) is 0 Å². The van der Waals surface area contributed by atoms with Crippen LogP contribution >= 0.6 is 12.2 Å². The summed E-state index contributed by atoms with van der Waals surface area (Å²) in [4.78, 5) is 10.5. The fourth-order valence-corrected chi connectivity index (χ4v) is 2.79. The molecular weight excluding hydrogens is 378 g/mol. The average molecular weight is 391 g/mol. The van der Waals surface area contributed by atoms with E-state index in [9.17, 15) is 10.1 Å². The van der Waals surface area contributed by atoms with Crippen LogP contribution in [0.4, 0.5) is 5.69 Å². The molecule has 0 aliphatic rings. The first kappa shape index (κ1) is 17.5. The summed E-state index contributed by atoms with van der Waals surface area (Å²) in [7, 11) is 0. The Morgan fingerprint density at radius 3 is 2.68 bits per heavy atom. The molecule has 0 aliphatic carbocycles. The molecule has 0 bridgehead atoms. The highest BCUT2D eigenvalue weighted by Gasteiger charge is 2.12. The first-order valence-electron chi connectivity index (χ1n) is 8.19. The van der Waals surface area contributed by atoms with Crippen LogP contribution in [-0.4, -0.2) is 36.2 Å². The smallest absolute Gasteiger partial charge is 0.270 e. The van der Waals surface area contributed by atoms with Crippen LogP contribution in [0.15, 0.2) is 65.8 Å². The zero-order valence-electron chi connectivity index (χ0n) is 14.3. The molecule has 2 N–H and O–H groups in total. The van der Waals surface area contributed by atoms with Crippen molar-refractivity contribution in [1.82, 2.24) is 25.1 Å². The second kappa shape index (κ2) is 7.37. The lowest BCUT2D eigenvalue weighted by atomic mass is 10.1. The van der Waals surface area contributed by atoms with Gasteiger partial charge in [-0.25, -0.2) is 5.10 Å². The summed E-state index contributed by atoms with van der Waals surface area (Å²) in [6.45, 7) is 0. The fraction of sp³-hybridized carbons (Fsp3) is 0. The average Bonchev–Trinajstić information content (AvgIpc) is 3.34. The molecule has 2 heterocycles. The Kier molecular flexibility index (Phi) is 4.60. The largest absolute Gasteiger partial charge is 0.274 e. The predicted molar refractivity (Wildman–Crippen MR) is 107 cm³/mol. The summed E-state index contributed by atoms with van der Waals surface area (Å²) in [6.07, 6.45) is 1.48. The Balaban J connectivity index is 1.67. The SMILES string of the molecule is O=[N+]([O-])c1cccc(/C=N\n2c(-c3cc(-c4ccccc4)n[nH]3)n[nH]c2=S)c1. The van der Waals surface area contributed by atoms with Gasteiger partial charge in [-0.15, -0.1) is 0 Å². The van der Waals surface area contributed by atoms with Gasteiger partial charge in [-0.1, -0.05) is 42.5 Å². The number of rotatable bonds is 5. The number of nitro groups is 1. The molecule has 4 rings (SSSR count). The Morgan fingerprint density at radius 2 is 1.89 bits per heavy atom. The summed E-state index contributed by atoms with van der Waals surface area (Å²) in [5.74, 6) is 0.446. The van der Waals surface area contributed by atoms with Crippen LogP contribution in [-0.2, 0) is 0 Å². The third-order valence-corrected chi connectivity index (χ3v) is 4.21. The molecule has 0 radical (unpaired) electrons. The van der Waals surface area contributed by atoms with Crippen molar-refractivity contribution in [2.75, 3.05) is 0 Å². The Hall–Kier alpha value is -3.92. The summed E-state index contributed by atoms with van der Waals surface area (Å²) >= 11 is 5.24.